The van der Waals surface area contributed by atoms with Crippen LogP contribution in [0.15, 0.2) is 54.9 Å². The van der Waals surface area contributed by atoms with E-state index in [1.54, 1.807) is 4.52 Å². The van der Waals surface area contributed by atoms with Gasteiger partial charge in [-0.3, -0.25) is 0 Å². The molecule has 2 heterocycles. The quantitative estimate of drug-likeness (QED) is 0.563. The smallest absolute Gasteiger partial charge is 0.255 e. The lowest BCUT2D eigenvalue weighted by molar-refractivity contribution is 0.446. The van der Waals surface area contributed by atoms with Crippen LogP contribution >= 0.6 is 0 Å². The van der Waals surface area contributed by atoms with Crippen molar-refractivity contribution >= 4 is 16.6 Å². The van der Waals surface area contributed by atoms with Gasteiger partial charge in [0.1, 0.15) is 12.1 Å². The molecule has 0 atom stereocenters. The van der Waals surface area contributed by atoms with E-state index in [0.29, 0.717) is 11.7 Å². The summed E-state index contributed by atoms with van der Waals surface area (Å²) in [5.74, 6) is 1.90. The summed E-state index contributed by atoms with van der Waals surface area (Å²) in [7, 11) is 0. The van der Waals surface area contributed by atoms with E-state index in [0.717, 1.165) is 16.8 Å². The van der Waals surface area contributed by atoms with Gasteiger partial charge in [0.2, 0.25) is 5.88 Å². The summed E-state index contributed by atoms with van der Waals surface area (Å²) in [6.45, 7) is 1.90. The molecule has 2 aromatic carbocycles. The number of aromatic nitrogens is 4. The number of nitrogens with zero attached hydrogens (tertiary/aromatic N) is 4. The second-order valence-electron chi connectivity index (χ2n) is 4.82. The number of hydrogen-bond donors (Lipinski definition) is 0. The van der Waals surface area contributed by atoms with Crippen LogP contribution in [0.2, 0.25) is 0 Å². The van der Waals surface area contributed by atoms with E-state index in [-0.39, 0.29) is 0 Å². The van der Waals surface area contributed by atoms with Gasteiger partial charge < -0.3 is 4.74 Å². The average molecular weight is 276 g/mol. The van der Waals surface area contributed by atoms with Crippen LogP contribution in [-0.4, -0.2) is 19.6 Å². The molecule has 2 aromatic heterocycles. The number of benzene rings is 2. The largest absolute Gasteiger partial charge is 0.439 e. The Morgan fingerprint density at radius 1 is 1.00 bits per heavy atom. The van der Waals surface area contributed by atoms with E-state index >= 15 is 0 Å². The fourth-order valence-corrected chi connectivity index (χ4v) is 2.32. The predicted molar refractivity (Wildman–Crippen MR) is 79.5 cm³/mol. The number of hydrogen-bond acceptors (Lipinski definition) is 4. The summed E-state index contributed by atoms with van der Waals surface area (Å²) in [6, 6.07) is 16.0. The zero-order valence-corrected chi connectivity index (χ0v) is 11.4. The van der Waals surface area contributed by atoms with Gasteiger partial charge in [-0.2, -0.15) is 14.6 Å². The summed E-state index contributed by atoms with van der Waals surface area (Å²) < 4.78 is 7.54. The zero-order chi connectivity index (χ0) is 14.2. The minimum absolute atomic E-state index is 0.533. The van der Waals surface area contributed by atoms with E-state index in [2.05, 4.69) is 27.2 Å². The van der Waals surface area contributed by atoms with Crippen LogP contribution in [0, 0.1) is 6.92 Å². The highest BCUT2D eigenvalue weighted by molar-refractivity contribution is 5.83. The van der Waals surface area contributed by atoms with Gasteiger partial charge in [-0.05, 0) is 29.8 Å². The molecule has 0 N–H and O–H groups in total. The molecule has 5 heteroatoms. The van der Waals surface area contributed by atoms with Gasteiger partial charge in [-0.25, -0.2) is 4.98 Å². The lowest BCUT2D eigenvalue weighted by atomic mass is 10.1. The molecule has 4 rings (SSSR count). The molecular weight excluding hydrogens is 264 g/mol. The Labute approximate surface area is 120 Å². The third-order valence-corrected chi connectivity index (χ3v) is 3.29. The van der Waals surface area contributed by atoms with Gasteiger partial charge in [0.15, 0.2) is 0 Å². The van der Waals surface area contributed by atoms with Crippen LogP contribution in [0.4, 0.5) is 0 Å². The molecule has 0 fully saturated rings. The first-order valence-electron chi connectivity index (χ1n) is 6.64. The molecule has 0 aliphatic heterocycles. The fraction of sp³-hybridized carbons (Fsp3) is 0.0625. The Bertz CT molecular complexity index is 945. The molecule has 0 bridgehead atoms. The topological polar surface area (TPSA) is 52.3 Å². The number of fused-ring (bicyclic) bond motifs is 2. The second kappa shape index (κ2) is 4.56. The Balaban J connectivity index is 1.80. The highest BCUT2D eigenvalue weighted by Crippen LogP contribution is 2.25. The maximum Gasteiger partial charge on any atom is 0.255 e. The predicted octanol–water partition coefficient (Wildman–Crippen LogP) is 3.38. The molecule has 102 valence electrons. The highest BCUT2D eigenvalue weighted by atomic mass is 16.5. The molecule has 0 spiro atoms. The molecule has 0 amide bonds. The minimum atomic E-state index is 0.533. The van der Waals surface area contributed by atoms with Gasteiger partial charge in [0.25, 0.3) is 5.78 Å². The van der Waals surface area contributed by atoms with E-state index in [9.17, 15) is 0 Å². The summed E-state index contributed by atoms with van der Waals surface area (Å²) >= 11 is 0. The Morgan fingerprint density at radius 2 is 1.86 bits per heavy atom. The first kappa shape index (κ1) is 11.8. The lowest BCUT2D eigenvalue weighted by Crippen LogP contribution is -1.99. The maximum atomic E-state index is 5.96. The molecule has 0 aliphatic rings. The van der Waals surface area contributed by atoms with Crippen LogP contribution < -0.4 is 4.74 Å². The van der Waals surface area contributed by atoms with Crippen molar-refractivity contribution in [2.24, 2.45) is 0 Å². The molecule has 0 radical (unpaired) electrons. The molecular formula is C16H12N4O. The van der Waals surface area contributed by atoms with Crippen molar-refractivity contribution in [1.29, 1.82) is 0 Å². The van der Waals surface area contributed by atoms with Crippen molar-refractivity contribution in [3.8, 4) is 11.6 Å². The normalized spacial score (nSPS) is 11.1. The minimum Gasteiger partial charge on any atom is -0.439 e. The van der Waals surface area contributed by atoms with Crippen molar-refractivity contribution in [3.05, 3.63) is 60.6 Å². The standard InChI is InChI=1S/C16H12N4O/c1-11-8-15(20-16(19-11)17-10-18-20)21-14-7-6-12-4-2-3-5-13(12)9-14/h2-10H,1H3. The van der Waals surface area contributed by atoms with Crippen molar-refractivity contribution in [1.82, 2.24) is 19.6 Å². The van der Waals surface area contributed by atoms with Crippen molar-refractivity contribution < 1.29 is 4.74 Å². The van der Waals surface area contributed by atoms with Crippen LogP contribution in [0.25, 0.3) is 16.6 Å². The Morgan fingerprint density at radius 3 is 2.76 bits per heavy atom. The third kappa shape index (κ3) is 2.08. The third-order valence-electron chi connectivity index (χ3n) is 3.29. The number of aryl methyl sites for hydroxylation is 1. The fourth-order valence-electron chi connectivity index (χ4n) is 2.32. The average Bonchev–Trinajstić information content (AvgIpc) is 2.95. The van der Waals surface area contributed by atoms with E-state index < -0.39 is 0 Å². The van der Waals surface area contributed by atoms with E-state index in [1.165, 1.54) is 11.7 Å². The van der Waals surface area contributed by atoms with Gasteiger partial charge in [-0.1, -0.05) is 30.3 Å². The highest BCUT2D eigenvalue weighted by Gasteiger charge is 2.08. The van der Waals surface area contributed by atoms with Crippen LogP contribution in [0.1, 0.15) is 5.69 Å². The first-order chi connectivity index (χ1) is 10.3. The Kier molecular flexibility index (Phi) is 2.57. The van der Waals surface area contributed by atoms with Crippen molar-refractivity contribution in [2.75, 3.05) is 0 Å². The van der Waals surface area contributed by atoms with Gasteiger partial charge in [0, 0.05) is 11.8 Å². The van der Waals surface area contributed by atoms with Gasteiger partial charge in [0.05, 0.1) is 0 Å². The summed E-state index contributed by atoms with van der Waals surface area (Å²) in [6.07, 6.45) is 1.47. The SMILES string of the molecule is Cc1cc(Oc2ccc3ccccc3c2)n2ncnc2n1. The van der Waals surface area contributed by atoms with Crippen LogP contribution in [0.3, 0.4) is 0 Å². The van der Waals surface area contributed by atoms with Crippen LogP contribution in [0.5, 0.6) is 11.6 Å². The number of ether oxygens (including phenoxy) is 1. The Hall–Kier alpha value is -2.95. The molecule has 0 aliphatic carbocycles. The van der Waals surface area contributed by atoms with Gasteiger partial charge >= 0.3 is 0 Å². The van der Waals surface area contributed by atoms with E-state index in [1.807, 2.05) is 43.3 Å². The number of rotatable bonds is 2. The summed E-state index contributed by atoms with van der Waals surface area (Å²) in [5.41, 5.74) is 0.839. The first-order valence-corrected chi connectivity index (χ1v) is 6.64. The van der Waals surface area contributed by atoms with Gasteiger partial charge in [-0.15, -0.1) is 0 Å². The summed E-state index contributed by atoms with van der Waals surface area (Å²) in [5, 5.41) is 6.45. The molecule has 0 saturated heterocycles. The monoisotopic (exact) mass is 276 g/mol. The molecule has 4 aromatic rings. The maximum absolute atomic E-state index is 5.96. The molecule has 0 saturated carbocycles. The van der Waals surface area contributed by atoms with Crippen molar-refractivity contribution in [2.45, 2.75) is 6.92 Å². The second-order valence-corrected chi connectivity index (χ2v) is 4.82. The molecule has 0 unspecified atom stereocenters. The summed E-state index contributed by atoms with van der Waals surface area (Å²) in [4.78, 5) is 8.39. The zero-order valence-electron chi connectivity index (χ0n) is 11.4. The molecule has 5 nitrogen and oxygen atoms in total. The lowest BCUT2D eigenvalue weighted by Gasteiger charge is -2.08. The van der Waals surface area contributed by atoms with Crippen LogP contribution in [-0.2, 0) is 0 Å². The van der Waals surface area contributed by atoms with Crippen molar-refractivity contribution in [3.63, 3.8) is 0 Å². The molecule has 21 heavy (non-hydrogen) atoms. The van der Waals surface area contributed by atoms with E-state index in [4.69, 9.17) is 4.74 Å².